The molecule has 0 saturated heterocycles. The highest BCUT2D eigenvalue weighted by Gasteiger charge is 2.30. The maximum absolute atomic E-state index is 13.2. The number of carboxylic acid groups (broad SMARTS) is 1. The van der Waals surface area contributed by atoms with Gasteiger partial charge in [0.25, 0.3) is 0 Å². The Bertz CT molecular complexity index is 1180. The van der Waals surface area contributed by atoms with E-state index in [4.69, 9.17) is 4.74 Å². The number of nitrogens with one attached hydrogen (secondary N) is 1. The zero-order chi connectivity index (χ0) is 23.0. The lowest BCUT2D eigenvalue weighted by Gasteiger charge is -2.20. The first-order chi connectivity index (χ1) is 15.2. The molecule has 0 bridgehead atoms. The van der Waals surface area contributed by atoms with Crippen LogP contribution in [0.3, 0.4) is 0 Å². The highest BCUT2D eigenvalue weighted by molar-refractivity contribution is 6.73. The number of hydrogen-bond donors (Lipinski definition) is 2. The van der Waals surface area contributed by atoms with E-state index in [1.807, 2.05) is 48.5 Å². The van der Waals surface area contributed by atoms with Crippen LogP contribution in [0.2, 0.25) is 0 Å². The summed E-state index contributed by atoms with van der Waals surface area (Å²) in [7, 11) is 0. The van der Waals surface area contributed by atoms with Gasteiger partial charge in [0.1, 0.15) is 6.61 Å². The van der Waals surface area contributed by atoms with Crippen molar-refractivity contribution in [3.63, 3.8) is 0 Å². The number of rotatable bonds is 5. The number of amides is 1. The number of fused-ring (bicyclic) bond motifs is 3. The molecule has 3 aromatic rings. The van der Waals surface area contributed by atoms with Crippen molar-refractivity contribution in [3.8, 4) is 11.1 Å². The molecule has 164 valence electrons. The molecule has 3 aromatic carbocycles. The van der Waals surface area contributed by atoms with Crippen LogP contribution in [0, 0.1) is 6.92 Å². The molecule has 32 heavy (non-hydrogen) atoms. The van der Waals surface area contributed by atoms with Crippen LogP contribution >= 0.6 is 0 Å². The lowest BCUT2D eigenvalue weighted by atomic mass is 9.78. The molecule has 0 spiro atoms. The normalized spacial score (nSPS) is 12.8. The Labute approximate surface area is 181 Å². The summed E-state index contributed by atoms with van der Waals surface area (Å²) < 4.78 is 45.1. The summed E-state index contributed by atoms with van der Waals surface area (Å²) in [6, 6.07) is 16.8. The smallest absolute Gasteiger partial charge is 0.478 e. The van der Waals surface area contributed by atoms with Crippen LogP contribution in [0.1, 0.15) is 33.0 Å². The Hall–Kier alpha value is -3.75. The highest BCUT2D eigenvalue weighted by atomic mass is 19.4. The number of ether oxygens (including phenoxy) is 1. The predicted molar refractivity (Wildman–Crippen MR) is 116 cm³/mol. The number of aromatic carboxylic acids is 1. The van der Waals surface area contributed by atoms with Crippen LogP contribution < -0.4 is 10.8 Å². The first-order valence-electron chi connectivity index (χ1n) is 9.86. The molecular weight excluding hydrogens is 422 g/mol. The van der Waals surface area contributed by atoms with Gasteiger partial charge in [-0.15, -0.1) is 5.46 Å². The fourth-order valence-electron chi connectivity index (χ4n) is 4.02. The maximum Gasteiger partial charge on any atom is 0.509 e. The molecule has 0 atom stereocenters. The zero-order valence-electron chi connectivity index (χ0n) is 16.9. The maximum atomic E-state index is 13.2. The number of carbonyl (C=O) groups is 2. The van der Waals surface area contributed by atoms with Gasteiger partial charge in [-0.05, 0) is 34.7 Å². The van der Waals surface area contributed by atoms with E-state index in [2.05, 4.69) is 5.32 Å². The topological polar surface area (TPSA) is 75.6 Å². The van der Waals surface area contributed by atoms with Gasteiger partial charge in [0.15, 0.2) is 0 Å². The van der Waals surface area contributed by atoms with E-state index in [-0.39, 0.29) is 23.8 Å². The van der Waals surface area contributed by atoms with Gasteiger partial charge in [-0.1, -0.05) is 60.7 Å². The Kier molecular flexibility index (Phi) is 5.42. The van der Waals surface area contributed by atoms with E-state index >= 15 is 0 Å². The predicted octanol–water partition coefficient (Wildman–Crippen LogP) is 5.11. The average molecular weight is 440 g/mol. The molecule has 5 nitrogen and oxygen atoms in total. The number of carboxylic acids is 1. The summed E-state index contributed by atoms with van der Waals surface area (Å²) in [6.07, 6.45) is -0.960. The number of halogens is 3. The zero-order valence-corrected chi connectivity index (χ0v) is 16.9. The summed E-state index contributed by atoms with van der Waals surface area (Å²) in [5, 5.41) is 11.5. The Morgan fingerprint density at radius 2 is 1.56 bits per heavy atom. The van der Waals surface area contributed by atoms with Gasteiger partial charge in [-0.2, -0.15) is 0 Å². The van der Waals surface area contributed by atoms with Gasteiger partial charge in [-0.25, -0.2) is 9.59 Å². The molecular formula is C23H18BF3NO4-. The molecule has 0 aliphatic heterocycles. The van der Waals surface area contributed by atoms with Crippen LogP contribution in [-0.2, 0) is 4.74 Å². The minimum Gasteiger partial charge on any atom is -0.478 e. The third-order valence-electron chi connectivity index (χ3n) is 5.62. The highest BCUT2D eigenvalue weighted by Crippen LogP contribution is 2.44. The molecule has 0 saturated carbocycles. The molecule has 0 fully saturated rings. The molecule has 0 radical (unpaired) electrons. The molecule has 0 heterocycles. The van der Waals surface area contributed by atoms with Crippen molar-refractivity contribution in [1.29, 1.82) is 0 Å². The molecule has 2 N–H and O–H groups in total. The van der Waals surface area contributed by atoms with E-state index in [9.17, 15) is 27.6 Å². The molecule has 1 aliphatic rings. The monoisotopic (exact) mass is 440 g/mol. The van der Waals surface area contributed by atoms with E-state index in [0.717, 1.165) is 28.3 Å². The SMILES string of the molecule is Cc1c(NC(=O)OCC2c3ccccc3-c3ccccc32)cc([B-](F)(F)F)cc1C(=O)O. The average Bonchev–Trinajstić information content (AvgIpc) is 3.06. The molecule has 9 heteroatoms. The summed E-state index contributed by atoms with van der Waals surface area (Å²) in [5.41, 5.74) is 2.18. The van der Waals surface area contributed by atoms with Gasteiger partial charge in [0.2, 0.25) is 0 Å². The Morgan fingerprint density at radius 1 is 1.00 bits per heavy atom. The largest absolute Gasteiger partial charge is 0.509 e. The fraction of sp³-hybridized carbons (Fsp3) is 0.130. The molecule has 1 amide bonds. The van der Waals surface area contributed by atoms with Gasteiger partial charge >= 0.3 is 19.0 Å². The summed E-state index contributed by atoms with van der Waals surface area (Å²) >= 11 is 0. The summed E-state index contributed by atoms with van der Waals surface area (Å²) in [5.74, 6) is -1.73. The number of carbonyl (C=O) groups excluding carboxylic acids is 1. The minimum absolute atomic E-state index is 0.00908. The molecule has 4 rings (SSSR count). The summed E-state index contributed by atoms with van der Waals surface area (Å²) in [4.78, 5) is 23.8. The van der Waals surface area contributed by atoms with Crippen LogP contribution in [0.25, 0.3) is 11.1 Å². The van der Waals surface area contributed by atoms with Gasteiger partial charge < -0.3 is 22.8 Å². The fourth-order valence-corrected chi connectivity index (χ4v) is 4.02. The van der Waals surface area contributed by atoms with Crippen LogP contribution in [0.15, 0.2) is 60.7 Å². The van der Waals surface area contributed by atoms with E-state index in [0.29, 0.717) is 6.07 Å². The minimum atomic E-state index is -5.45. The van der Waals surface area contributed by atoms with Gasteiger partial charge in [0, 0.05) is 11.6 Å². The van der Waals surface area contributed by atoms with Crippen molar-refractivity contribution in [1.82, 2.24) is 0 Å². The number of anilines is 1. The van der Waals surface area contributed by atoms with E-state index in [1.165, 1.54) is 6.92 Å². The van der Waals surface area contributed by atoms with Crippen molar-refractivity contribution < 1.29 is 32.4 Å². The van der Waals surface area contributed by atoms with Crippen molar-refractivity contribution in [3.05, 3.63) is 82.9 Å². The quantitative estimate of drug-likeness (QED) is 0.541. The van der Waals surface area contributed by atoms with Crippen molar-refractivity contribution in [2.75, 3.05) is 11.9 Å². The van der Waals surface area contributed by atoms with Crippen molar-refractivity contribution in [2.24, 2.45) is 0 Å². The first kappa shape index (κ1) is 21.5. The second-order valence-corrected chi connectivity index (χ2v) is 7.57. The van der Waals surface area contributed by atoms with E-state index in [1.54, 1.807) is 0 Å². The van der Waals surface area contributed by atoms with Crippen LogP contribution in [-0.4, -0.2) is 30.8 Å². The Balaban J connectivity index is 1.56. The van der Waals surface area contributed by atoms with Crippen LogP contribution in [0.4, 0.5) is 23.4 Å². The molecule has 1 aliphatic carbocycles. The second kappa shape index (κ2) is 8.07. The molecule has 0 unspecified atom stereocenters. The number of hydrogen-bond acceptors (Lipinski definition) is 3. The van der Waals surface area contributed by atoms with Crippen molar-refractivity contribution in [2.45, 2.75) is 12.8 Å². The van der Waals surface area contributed by atoms with Gasteiger partial charge in [0.05, 0.1) is 5.56 Å². The third-order valence-corrected chi connectivity index (χ3v) is 5.62. The summed E-state index contributed by atoms with van der Waals surface area (Å²) in [6.45, 7) is -4.14. The lowest BCUT2D eigenvalue weighted by Crippen LogP contribution is -2.35. The second-order valence-electron chi connectivity index (χ2n) is 7.57. The first-order valence-corrected chi connectivity index (χ1v) is 9.86. The number of benzene rings is 3. The lowest BCUT2D eigenvalue weighted by molar-refractivity contribution is 0.0696. The van der Waals surface area contributed by atoms with Gasteiger partial charge in [-0.3, -0.25) is 5.32 Å². The third kappa shape index (κ3) is 3.93. The molecule has 0 aromatic heterocycles. The standard InChI is InChI=1S/C23H18BF3NO4/c1-13-19(22(29)30)10-14(24(25,26)27)11-21(13)28-23(31)32-12-20-17-8-4-2-6-15(17)16-7-3-5-9-18(16)20/h2-11,20H,12H2,1H3,(H,28,31)(H,29,30)/q-1. The van der Waals surface area contributed by atoms with E-state index < -0.39 is 30.1 Å². The Morgan fingerprint density at radius 3 is 2.09 bits per heavy atom. The van der Waals surface area contributed by atoms with Crippen LogP contribution in [0.5, 0.6) is 0 Å². The van der Waals surface area contributed by atoms with Crippen molar-refractivity contribution >= 4 is 30.2 Å².